The van der Waals surface area contributed by atoms with Crippen molar-refractivity contribution >= 4 is 46.6 Å². The number of hydrogen-bond acceptors (Lipinski definition) is 4. The summed E-state index contributed by atoms with van der Waals surface area (Å²) in [6.45, 7) is 1.72. The topological polar surface area (TPSA) is 105 Å². The van der Waals surface area contributed by atoms with Crippen LogP contribution in [0.5, 0.6) is 0 Å². The van der Waals surface area contributed by atoms with Crippen LogP contribution in [0.25, 0.3) is 0 Å². The number of benzene rings is 1. The Morgan fingerprint density at radius 1 is 1.21 bits per heavy atom. The summed E-state index contributed by atoms with van der Waals surface area (Å²) in [7, 11) is 0. The van der Waals surface area contributed by atoms with Crippen LogP contribution in [0.1, 0.15) is 13.3 Å². The Kier molecular flexibility index (Phi) is 8.53. The molecule has 1 aromatic rings. The van der Waals surface area contributed by atoms with Gasteiger partial charge in [-0.05, 0) is 24.6 Å². The molecule has 0 aliphatic rings. The van der Waals surface area contributed by atoms with Gasteiger partial charge in [0.1, 0.15) is 0 Å². The minimum Gasteiger partial charge on any atom is -0.346 e. The summed E-state index contributed by atoms with van der Waals surface area (Å²) in [5, 5.41) is 5.77. The maximum atomic E-state index is 12.1. The third-order valence-corrected chi connectivity index (χ3v) is 3.56. The van der Waals surface area contributed by atoms with Gasteiger partial charge in [-0.25, -0.2) is 0 Å². The first kappa shape index (κ1) is 20.2. The van der Waals surface area contributed by atoms with Gasteiger partial charge in [0.05, 0.1) is 30.3 Å². The molecule has 0 aliphatic heterocycles. The van der Waals surface area contributed by atoms with E-state index in [0.717, 1.165) is 0 Å². The van der Waals surface area contributed by atoms with Gasteiger partial charge in [-0.15, -0.1) is 0 Å². The van der Waals surface area contributed by atoms with E-state index in [4.69, 9.17) is 28.9 Å². The van der Waals surface area contributed by atoms with Crippen molar-refractivity contribution < 1.29 is 14.4 Å². The van der Waals surface area contributed by atoms with Gasteiger partial charge >= 0.3 is 0 Å². The molecule has 0 radical (unpaired) electrons. The predicted molar refractivity (Wildman–Crippen MR) is 94.0 cm³/mol. The monoisotopic (exact) mass is 374 g/mol. The molecule has 0 atom stereocenters. The molecule has 3 amide bonds. The Labute approximate surface area is 150 Å². The smallest absolute Gasteiger partial charge is 0.244 e. The van der Waals surface area contributed by atoms with Gasteiger partial charge in [0.15, 0.2) is 0 Å². The lowest BCUT2D eigenvalue weighted by atomic mass is 10.3. The molecule has 0 saturated heterocycles. The van der Waals surface area contributed by atoms with Crippen molar-refractivity contribution in [2.75, 3.05) is 31.5 Å². The van der Waals surface area contributed by atoms with E-state index >= 15 is 0 Å². The van der Waals surface area contributed by atoms with E-state index < -0.39 is 11.8 Å². The SMILES string of the molecule is CCCN(CC(=O)Nc1ccc(Cl)cc1Cl)C(=O)CNC(=O)CN. The van der Waals surface area contributed by atoms with E-state index in [0.29, 0.717) is 28.7 Å². The van der Waals surface area contributed by atoms with Crippen molar-refractivity contribution in [1.29, 1.82) is 0 Å². The molecule has 1 rings (SSSR count). The van der Waals surface area contributed by atoms with Gasteiger partial charge < -0.3 is 21.3 Å². The summed E-state index contributed by atoms with van der Waals surface area (Å²) in [5.41, 5.74) is 5.57. The first-order valence-electron chi connectivity index (χ1n) is 7.36. The highest BCUT2D eigenvalue weighted by atomic mass is 35.5. The zero-order valence-corrected chi connectivity index (χ0v) is 14.8. The molecule has 0 fully saturated rings. The molecule has 132 valence electrons. The van der Waals surface area contributed by atoms with Gasteiger partial charge in [0.25, 0.3) is 0 Å². The fourth-order valence-corrected chi connectivity index (χ4v) is 2.33. The maximum Gasteiger partial charge on any atom is 0.244 e. The van der Waals surface area contributed by atoms with E-state index in [2.05, 4.69) is 10.6 Å². The second kappa shape index (κ2) is 10.1. The molecule has 9 heteroatoms. The summed E-state index contributed by atoms with van der Waals surface area (Å²) in [5.74, 6) is -1.20. The van der Waals surface area contributed by atoms with Crippen LogP contribution in [-0.4, -0.2) is 48.8 Å². The number of nitrogens with two attached hydrogens (primary N) is 1. The Hall–Kier alpha value is -1.83. The Morgan fingerprint density at radius 3 is 2.50 bits per heavy atom. The van der Waals surface area contributed by atoms with Crippen molar-refractivity contribution in [2.45, 2.75) is 13.3 Å². The normalized spacial score (nSPS) is 10.2. The summed E-state index contributed by atoms with van der Waals surface area (Å²) < 4.78 is 0. The highest BCUT2D eigenvalue weighted by molar-refractivity contribution is 6.36. The number of hydrogen-bond donors (Lipinski definition) is 3. The zero-order valence-electron chi connectivity index (χ0n) is 13.3. The van der Waals surface area contributed by atoms with Crippen molar-refractivity contribution in [3.63, 3.8) is 0 Å². The quantitative estimate of drug-likeness (QED) is 0.636. The van der Waals surface area contributed by atoms with E-state index in [9.17, 15) is 14.4 Å². The molecular formula is C15H20Cl2N4O3. The molecule has 1 aromatic carbocycles. The highest BCUT2D eigenvalue weighted by Gasteiger charge is 2.17. The maximum absolute atomic E-state index is 12.1. The lowest BCUT2D eigenvalue weighted by Gasteiger charge is -2.22. The lowest BCUT2D eigenvalue weighted by Crippen LogP contribution is -2.45. The van der Waals surface area contributed by atoms with Gasteiger partial charge in [-0.1, -0.05) is 30.1 Å². The van der Waals surface area contributed by atoms with Crippen molar-refractivity contribution in [1.82, 2.24) is 10.2 Å². The number of anilines is 1. The number of nitrogens with zero attached hydrogens (tertiary/aromatic N) is 1. The standard InChI is InChI=1S/C15H20Cl2N4O3/c1-2-5-21(15(24)8-19-13(22)7-18)9-14(23)20-12-4-3-10(16)6-11(12)17/h3-4,6H,2,5,7-9,18H2,1H3,(H,19,22)(H,20,23). The Balaban J connectivity index is 2.64. The molecule has 0 aliphatic carbocycles. The Bertz CT molecular complexity index is 610. The minimum absolute atomic E-state index is 0.149. The Morgan fingerprint density at radius 2 is 1.92 bits per heavy atom. The zero-order chi connectivity index (χ0) is 18.1. The van der Waals surface area contributed by atoms with Crippen LogP contribution >= 0.6 is 23.2 Å². The van der Waals surface area contributed by atoms with E-state index in [1.54, 1.807) is 12.1 Å². The van der Waals surface area contributed by atoms with Gasteiger partial charge in [0.2, 0.25) is 17.7 Å². The lowest BCUT2D eigenvalue weighted by molar-refractivity contribution is -0.135. The van der Waals surface area contributed by atoms with Crippen molar-refractivity contribution in [3.8, 4) is 0 Å². The summed E-state index contributed by atoms with van der Waals surface area (Å²) in [6, 6.07) is 4.69. The largest absolute Gasteiger partial charge is 0.346 e. The van der Waals surface area contributed by atoms with Crippen LogP contribution in [0.15, 0.2) is 18.2 Å². The molecule has 0 spiro atoms. The fourth-order valence-electron chi connectivity index (χ4n) is 1.87. The molecule has 7 nitrogen and oxygen atoms in total. The molecule has 0 unspecified atom stereocenters. The number of nitrogens with one attached hydrogen (secondary N) is 2. The van der Waals surface area contributed by atoms with Crippen molar-refractivity contribution in [2.24, 2.45) is 5.73 Å². The average molecular weight is 375 g/mol. The molecule has 0 bridgehead atoms. The van der Waals surface area contributed by atoms with Crippen LogP contribution in [0.2, 0.25) is 10.0 Å². The third kappa shape index (κ3) is 6.74. The number of carbonyl (C=O) groups is 3. The molecule has 0 aromatic heterocycles. The second-order valence-corrected chi connectivity index (χ2v) is 5.81. The summed E-state index contributed by atoms with van der Waals surface area (Å²) >= 11 is 11.8. The van der Waals surface area contributed by atoms with E-state index in [-0.39, 0.29) is 25.5 Å². The highest BCUT2D eigenvalue weighted by Crippen LogP contribution is 2.25. The molecule has 4 N–H and O–H groups in total. The molecule has 0 heterocycles. The number of halogens is 2. The second-order valence-electron chi connectivity index (χ2n) is 4.97. The van der Waals surface area contributed by atoms with E-state index in [1.807, 2.05) is 6.92 Å². The van der Waals surface area contributed by atoms with Gasteiger partial charge in [0, 0.05) is 11.6 Å². The van der Waals surface area contributed by atoms with Gasteiger partial charge in [-0.3, -0.25) is 14.4 Å². The summed E-state index contributed by atoms with van der Waals surface area (Å²) in [4.78, 5) is 36.7. The van der Waals surface area contributed by atoms with Crippen LogP contribution in [0.4, 0.5) is 5.69 Å². The molecule has 24 heavy (non-hydrogen) atoms. The van der Waals surface area contributed by atoms with Crippen LogP contribution < -0.4 is 16.4 Å². The molecular weight excluding hydrogens is 355 g/mol. The van der Waals surface area contributed by atoms with Crippen LogP contribution in [0.3, 0.4) is 0 Å². The third-order valence-electron chi connectivity index (χ3n) is 3.01. The fraction of sp³-hybridized carbons (Fsp3) is 0.400. The number of amides is 3. The van der Waals surface area contributed by atoms with Gasteiger partial charge in [-0.2, -0.15) is 0 Å². The van der Waals surface area contributed by atoms with E-state index in [1.165, 1.54) is 11.0 Å². The number of rotatable bonds is 8. The minimum atomic E-state index is -0.433. The first-order chi connectivity index (χ1) is 11.4. The average Bonchev–Trinajstić information content (AvgIpc) is 2.54. The van der Waals surface area contributed by atoms with Crippen LogP contribution in [0, 0.1) is 0 Å². The first-order valence-corrected chi connectivity index (χ1v) is 8.12. The molecule has 0 saturated carbocycles. The van der Waals surface area contributed by atoms with Crippen molar-refractivity contribution in [3.05, 3.63) is 28.2 Å². The van der Waals surface area contributed by atoms with Crippen LogP contribution in [-0.2, 0) is 14.4 Å². The number of carbonyl (C=O) groups excluding carboxylic acids is 3. The summed E-state index contributed by atoms with van der Waals surface area (Å²) in [6.07, 6.45) is 0.672. The predicted octanol–water partition coefficient (Wildman–Crippen LogP) is 1.25.